The molecule has 0 aliphatic rings. The summed E-state index contributed by atoms with van der Waals surface area (Å²) in [4.78, 5) is 0. The van der Waals surface area contributed by atoms with Gasteiger partial charge < -0.3 is 14.5 Å². The molecular formula is C17H22BrNO2. The molecule has 0 atom stereocenters. The topological polar surface area (TPSA) is 34.4 Å². The standard InChI is InChI=1S/C17H22BrNO2/c1-12(2)9-19-10-17-13(3)7-16(21-17)11-20-15-6-4-5-14(18)8-15/h4-8,12,19H,9-11H2,1-3H3. The Labute approximate surface area is 134 Å². The summed E-state index contributed by atoms with van der Waals surface area (Å²) in [5.74, 6) is 3.31. The maximum absolute atomic E-state index is 5.85. The van der Waals surface area contributed by atoms with E-state index in [9.17, 15) is 0 Å². The van der Waals surface area contributed by atoms with Crippen LogP contribution in [0, 0.1) is 12.8 Å². The van der Waals surface area contributed by atoms with E-state index < -0.39 is 0 Å². The second kappa shape index (κ2) is 7.66. The molecular weight excluding hydrogens is 330 g/mol. The minimum atomic E-state index is 0.446. The van der Waals surface area contributed by atoms with Crippen LogP contribution in [0.3, 0.4) is 0 Å². The molecule has 0 radical (unpaired) electrons. The number of ether oxygens (including phenoxy) is 1. The van der Waals surface area contributed by atoms with Gasteiger partial charge in [-0.05, 0) is 49.2 Å². The normalized spacial score (nSPS) is 11.1. The fraction of sp³-hybridized carbons (Fsp3) is 0.412. The molecule has 2 rings (SSSR count). The van der Waals surface area contributed by atoms with E-state index in [4.69, 9.17) is 9.15 Å². The summed E-state index contributed by atoms with van der Waals surface area (Å²) in [5.41, 5.74) is 1.17. The number of aryl methyl sites for hydroxylation is 1. The average Bonchev–Trinajstić information content (AvgIpc) is 2.77. The molecule has 1 heterocycles. The summed E-state index contributed by atoms with van der Waals surface area (Å²) >= 11 is 3.43. The number of hydrogen-bond donors (Lipinski definition) is 1. The zero-order valence-corrected chi connectivity index (χ0v) is 14.4. The van der Waals surface area contributed by atoms with Crippen LogP contribution in [0.5, 0.6) is 5.75 Å². The Hall–Kier alpha value is -1.26. The molecule has 0 aliphatic carbocycles. The summed E-state index contributed by atoms with van der Waals surface area (Å²) in [5, 5.41) is 3.40. The van der Waals surface area contributed by atoms with Crippen molar-refractivity contribution in [3.05, 3.63) is 51.9 Å². The van der Waals surface area contributed by atoms with E-state index in [2.05, 4.69) is 42.0 Å². The SMILES string of the molecule is Cc1cc(COc2cccc(Br)c2)oc1CNCC(C)C. The summed E-state index contributed by atoms with van der Waals surface area (Å²) in [7, 11) is 0. The van der Waals surface area contributed by atoms with Gasteiger partial charge in [-0.2, -0.15) is 0 Å². The first-order valence-corrected chi connectivity index (χ1v) is 8.01. The first-order valence-electron chi connectivity index (χ1n) is 7.22. The van der Waals surface area contributed by atoms with E-state index in [0.717, 1.165) is 34.8 Å². The third-order valence-corrected chi connectivity index (χ3v) is 3.58. The Morgan fingerprint density at radius 1 is 1.29 bits per heavy atom. The molecule has 21 heavy (non-hydrogen) atoms. The van der Waals surface area contributed by atoms with E-state index in [1.807, 2.05) is 30.3 Å². The molecule has 0 spiro atoms. The van der Waals surface area contributed by atoms with Crippen LogP contribution in [0.2, 0.25) is 0 Å². The van der Waals surface area contributed by atoms with Gasteiger partial charge >= 0.3 is 0 Å². The lowest BCUT2D eigenvalue weighted by molar-refractivity contribution is 0.264. The Bertz CT molecular complexity index is 578. The number of benzene rings is 1. The highest BCUT2D eigenvalue weighted by Crippen LogP contribution is 2.20. The molecule has 0 aliphatic heterocycles. The van der Waals surface area contributed by atoms with Gasteiger partial charge in [-0.1, -0.05) is 35.8 Å². The second-order valence-electron chi connectivity index (χ2n) is 5.59. The fourth-order valence-corrected chi connectivity index (χ4v) is 2.40. The Kier molecular flexibility index (Phi) is 5.88. The van der Waals surface area contributed by atoms with Crippen LogP contribution in [0.15, 0.2) is 39.2 Å². The van der Waals surface area contributed by atoms with E-state index in [1.54, 1.807) is 0 Å². The number of hydrogen-bond acceptors (Lipinski definition) is 3. The summed E-state index contributed by atoms with van der Waals surface area (Å²) in [6, 6.07) is 9.85. The second-order valence-corrected chi connectivity index (χ2v) is 6.51. The maximum atomic E-state index is 5.85. The maximum Gasteiger partial charge on any atom is 0.146 e. The van der Waals surface area contributed by atoms with E-state index in [1.165, 1.54) is 5.56 Å². The number of furan rings is 1. The van der Waals surface area contributed by atoms with Crippen LogP contribution in [-0.4, -0.2) is 6.54 Å². The van der Waals surface area contributed by atoms with Crippen molar-refractivity contribution < 1.29 is 9.15 Å². The molecule has 0 unspecified atom stereocenters. The first-order chi connectivity index (χ1) is 10.0. The van der Waals surface area contributed by atoms with Crippen LogP contribution < -0.4 is 10.1 Å². The lowest BCUT2D eigenvalue weighted by Gasteiger charge is -2.06. The van der Waals surface area contributed by atoms with Gasteiger partial charge in [0.1, 0.15) is 23.9 Å². The number of nitrogens with one attached hydrogen (secondary N) is 1. The lowest BCUT2D eigenvalue weighted by atomic mass is 10.2. The van der Waals surface area contributed by atoms with Crippen molar-refractivity contribution in [2.75, 3.05) is 6.54 Å². The van der Waals surface area contributed by atoms with E-state index in [0.29, 0.717) is 12.5 Å². The summed E-state index contributed by atoms with van der Waals surface area (Å²) < 4.78 is 12.6. The zero-order chi connectivity index (χ0) is 15.2. The lowest BCUT2D eigenvalue weighted by Crippen LogP contribution is -2.18. The van der Waals surface area contributed by atoms with Gasteiger partial charge in [-0.15, -0.1) is 0 Å². The summed E-state index contributed by atoms with van der Waals surface area (Å²) in [6.07, 6.45) is 0. The van der Waals surface area contributed by atoms with Gasteiger partial charge in [0.05, 0.1) is 6.54 Å². The highest BCUT2D eigenvalue weighted by atomic mass is 79.9. The number of halogens is 1. The molecule has 1 aromatic heterocycles. The van der Waals surface area contributed by atoms with Crippen molar-refractivity contribution in [2.24, 2.45) is 5.92 Å². The average molecular weight is 352 g/mol. The van der Waals surface area contributed by atoms with Crippen molar-refractivity contribution in [3.8, 4) is 5.75 Å². The van der Waals surface area contributed by atoms with E-state index >= 15 is 0 Å². The molecule has 0 fully saturated rings. The van der Waals surface area contributed by atoms with Gasteiger partial charge in [0, 0.05) is 4.47 Å². The van der Waals surface area contributed by atoms with Crippen LogP contribution >= 0.6 is 15.9 Å². The number of rotatable bonds is 7. The minimum absolute atomic E-state index is 0.446. The van der Waals surface area contributed by atoms with Crippen molar-refractivity contribution in [1.29, 1.82) is 0 Å². The van der Waals surface area contributed by atoms with Crippen LogP contribution in [0.25, 0.3) is 0 Å². The van der Waals surface area contributed by atoms with Crippen LogP contribution in [0.4, 0.5) is 0 Å². The Balaban J connectivity index is 1.89. The van der Waals surface area contributed by atoms with Crippen molar-refractivity contribution >= 4 is 15.9 Å². The molecule has 4 heteroatoms. The van der Waals surface area contributed by atoms with Gasteiger partial charge in [-0.3, -0.25) is 0 Å². The zero-order valence-electron chi connectivity index (χ0n) is 12.8. The smallest absolute Gasteiger partial charge is 0.146 e. The quantitative estimate of drug-likeness (QED) is 0.786. The van der Waals surface area contributed by atoms with Gasteiger partial charge in [-0.25, -0.2) is 0 Å². The molecule has 1 N–H and O–H groups in total. The van der Waals surface area contributed by atoms with Crippen molar-refractivity contribution in [3.63, 3.8) is 0 Å². The van der Waals surface area contributed by atoms with Gasteiger partial charge in [0.2, 0.25) is 0 Å². The molecule has 0 saturated carbocycles. The molecule has 0 saturated heterocycles. The Morgan fingerprint density at radius 3 is 2.81 bits per heavy atom. The molecule has 2 aromatic rings. The van der Waals surface area contributed by atoms with Crippen molar-refractivity contribution in [2.45, 2.75) is 33.9 Å². The van der Waals surface area contributed by atoms with Gasteiger partial charge in [0.15, 0.2) is 0 Å². The van der Waals surface area contributed by atoms with Gasteiger partial charge in [0.25, 0.3) is 0 Å². The minimum Gasteiger partial charge on any atom is -0.486 e. The van der Waals surface area contributed by atoms with E-state index in [-0.39, 0.29) is 0 Å². The monoisotopic (exact) mass is 351 g/mol. The third kappa shape index (κ3) is 5.21. The molecule has 1 aromatic carbocycles. The predicted molar refractivity (Wildman–Crippen MR) is 88.5 cm³/mol. The van der Waals surface area contributed by atoms with Crippen LogP contribution in [-0.2, 0) is 13.2 Å². The molecule has 114 valence electrons. The molecule has 3 nitrogen and oxygen atoms in total. The Morgan fingerprint density at radius 2 is 2.10 bits per heavy atom. The fourth-order valence-electron chi connectivity index (χ4n) is 2.02. The largest absolute Gasteiger partial charge is 0.486 e. The highest BCUT2D eigenvalue weighted by Gasteiger charge is 2.08. The molecule has 0 amide bonds. The third-order valence-electron chi connectivity index (χ3n) is 3.09. The molecule has 0 bridgehead atoms. The first kappa shape index (κ1) is 16.1. The van der Waals surface area contributed by atoms with Crippen LogP contribution in [0.1, 0.15) is 30.9 Å². The summed E-state index contributed by atoms with van der Waals surface area (Å²) in [6.45, 7) is 8.66. The highest BCUT2D eigenvalue weighted by molar-refractivity contribution is 9.10. The predicted octanol–water partition coefficient (Wildman–Crippen LogP) is 4.68. The van der Waals surface area contributed by atoms with Crippen molar-refractivity contribution in [1.82, 2.24) is 5.32 Å².